The number of ketones is 3. The van der Waals surface area contributed by atoms with Gasteiger partial charge in [0.2, 0.25) is 17.7 Å². The summed E-state index contributed by atoms with van der Waals surface area (Å²) in [6.45, 7) is 19.2. The standard InChI is InChI=1S/C76H107N7O14/c1-15-48(8)69(65(94-13)42-66(87)83-38-24-32-61(83)71(95-14)50(10)62(84)39-49(9)70(88)52-25-17-16-18-26-52)81(11)73(90)59(45(2)3)41-64(86)68(47(6)7)82(12)76(93)97-43-51-33-35-54(36-34-51)79-72(89)53(27-23-37-78-74(77)91)40-63(85)67(46(4)5)80-75(92)96-44-60-57-30-21-19-28-55(57)56-29-20-22-31-58(56)60/h16-22,25-26,28-31,33-36,45-50,53,59-61,65,67-71,88H,15,23-24,27,32,37-44H2,1-14H3,(H,79,89)(H,80,92)(H3,77,78,91)/t48?,49-,50-,53+,59-,61-,65?,67-,68-,69-,70+,71+/m0/s1. The number of Topliss-reactive ketones (excluding diaryl/α,β-unsaturated/α-hetero) is 3. The number of methoxy groups -OCH3 is 2. The Morgan fingerprint density at radius 3 is 1.87 bits per heavy atom. The number of nitrogens with zero attached hydrogens (tertiary/aromatic N) is 3. The van der Waals surface area contributed by atoms with E-state index < -0.39 is 78.3 Å². The third-order valence-corrected chi connectivity index (χ3v) is 19.8. The van der Waals surface area contributed by atoms with Crippen LogP contribution >= 0.6 is 0 Å². The van der Waals surface area contributed by atoms with Gasteiger partial charge in [0.15, 0.2) is 11.6 Å². The molecule has 2 aliphatic rings. The molecule has 1 aliphatic heterocycles. The Morgan fingerprint density at radius 2 is 1.30 bits per heavy atom. The zero-order valence-electron chi connectivity index (χ0n) is 59.4. The predicted molar refractivity (Wildman–Crippen MR) is 373 cm³/mol. The first-order chi connectivity index (χ1) is 46.1. The number of hydrogen-bond acceptors (Lipinski definition) is 14. The fourth-order valence-electron chi connectivity index (χ4n) is 14.1. The van der Waals surface area contributed by atoms with Gasteiger partial charge < -0.3 is 60.4 Å². The van der Waals surface area contributed by atoms with Crippen LogP contribution in [0.5, 0.6) is 0 Å². The van der Waals surface area contributed by atoms with E-state index >= 15 is 0 Å². The lowest BCUT2D eigenvalue weighted by molar-refractivity contribution is -0.149. The van der Waals surface area contributed by atoms with E-state index in [0.29, 0.717) is 43.5 Å². The van der Waals surface area contributed by atoms with Crippen molar-refractivity contribution in [1.82, 2.24) is 25.3 Å². The Bertz CT molecular complexity index is 3240. The number of nitrogens with two attached hydrogens (primary N) is 1. The van der Waals surface area contributed by atoms with Gasteiger partial charge in [0, 0.05) is 90.0 Å². The van der Waals surface area contributed by atoms with Gasteiger partial charge in [0.25, 0.3) is 0 Å². The molecule has 0 saturated carbocycles. The minimum absolute atomic E-state index is 0.0499. The summed E-state index contributed by atoms with van der Waals surface area (Å²) in [5, 5.41) is 19.2. The van der Waals surface area contributed by atoms with Crippen LogP contribution in [0, 0.1) is 47.3 Å². The van der Waals surface area contributed by atoms with Crippen LogP contribution in [0.25, 0.3) is 11.1 Å². The lowest BCUT2D eigenvalue weighted by Crippen LogP contribution is -2.54. The van der Waals surface area contributed by atoms with Crippen LogP contribution in [0.15, 0.2) is 103 Å². The number of amides is 7. The predicted octanol–water partition coefficient (Wildman–Crippen LogP) is 11.3. The quantitative estimate of drug-likeness (QED) is 0.0263. The second-order valence-electron chi connectivity index (χ2n) is 27.6. The van der Waals surface area contributed by atoms with E-state index in [4.69, 9.17) is 24.7 Å². The Balaban J connectivity index is 1.04. The molecule has 1 fully saturated rings. The monoisotopic (exact) mass is 1340 g/mol. The number of aliphatic hydroxyl groups is 1. The molecule has 1 aliphatic carbocycles. The van der Waals surface area contributed by atoms with Crippen LogP contribution in [0.3, 0.4) is 0 Å². The van der Waals surface area contributed by atoms with E-state index in [1.807, 2.05) is 134 Å². The van der Waals surface area contributed by atoms with Crippen molar-refractivity contribution >= 4 is 59.0 Å². The highest BCUT2D eigenvalue weighted by atomic mass is 16.6. The van der Waals surface area contributed by atoms with Crippen molar-refractivity contribution in [2.24, 2.45) is 53.1 Å². The number of carbonyl (C=O) groups excluding carboxylic acids is 9. The molecule has 21 nitrogen and oxygen atoms in total. The molecule has 97 heavy (non-hydrogen) atoms. The number of alkyl carbamates (subject to hydrolysis) is 1. The number of rotatable bonds is 37. The van der Waals surface area contributed by atoms with Crippen molar-refractivity contribution in [2.45, 2.75) is 182 Å². The van der Waals surface area contributed by atoms with Crippen molar-refractivity contribution in [3.05, 3.63) is 125 Å². The van der Waals surface area contributed by atoms with Crippen molar-refractivity contribution in [2.75, 3.05) is 53.3 Å². The maximum atomic E-state index is 14.9. The van der Waals surface area contributed by atoms with E-state index in [1.165, 1.54) is 19.1 Å². The highest BCUT2D eigenvalue weighted by Crippen LogP contribution is 2.45. The summed E-state index contributed by atoms with van der Waals surface area (Å²) in [7, 11) is 6.26. The van der Waals surface area contributed by atoms with Gasteiger partial charge in [-0.05, 0) is 101 Å². The van der Waals surface area contributed by atoms with E-state index in [0.717, 1.165) is 27.8 Å². The molecule has 2 unspecified atom stereocenters. The third-order valence-electron chi connectivity index (χ3n) is 19.8. The average Bonchev–Trinajstić information content (AvgIpc) is 1.62. The maximum absolute atomic E-state index is 14.9. The van der Waals surface area contributed by atoms with E-state index in [9.17, 15) is 48.3 Å². The molecule has 6 rings (SSSR count). The smallest absolute Gasteiger partial charge is 0.410 e. The maximum Gasteiger partial charge on any atom is 0.410 e. The first-order valence-corrected chi connectivity index (χ1v) is 34.5. The van der Waals surface area contributed by atoms with Gasteiger partial charge in [0.05, 0.1) is 48.9 Å². The summed E-state index contributed by atoms with van der Waals surface area (Å²) in [5.74, 6) is -5.65. The van der Waals surface area contributed by atoms with E-state index in [2.05, 4.69) is 16.0 Å². The Kier molecular flexibility index (Phi) is 29.8. The number of carbonyl (C=O) groups is 9. The number of likely N-dealkylation sites (tertiary alicyclic amines) is 1. The minimum Gasteiger partial charge on any atom is -0.449 e. The summed E-state index contributed by atoms with van der Waals surface area (Å²) >= 11 is 0. The largest absolute Gasteiger partial charge is 0.449 e. The fraction of sp³-hybridized carbons (Fsp3) is 0.566. The number of primary amides is 1. The van der Waals surface area contributed by atoms with Gasteiger partial charge in [-0.25, -0.2) is 14.4 Å². The number of anilines is 1. The topological polar surface area (TPSA) is 283 Å². The van der Waals surface area contributed by atoms with E-state index in [-0.39, 0.29) is 123 Å². The molecule has 12 atom stereocenters. The highest BCUT2D eigenvalue weighted by molar-refractivity contribution is 5.97. The van der Waals surface area contributed by atoms with E-state index in [1.54, 1.807) is 62.1 Å². The number of benzene rings is 4. The Morgan fingerprint density at radius 1 is 0.680 bits per heavy atom. The molecule has 1 saturated heterocycles. The number of urea groups is 1. The SMILES string of the molecule is CCC(C)[C@@H](C(CC(=O)N1CCC[C@H]1[C@H](OC)[C@@H](C)C(=O)C[C@H](C)[C@@H](O)c1ccccc1)OC)N(C)C(=O)[C@@H](CC(=O)[C@H](C(C)C)N(C)C(=O)OCc1ccc(NC(=O)[C@H](CCCNC(N)=O)CC(=O)[C@@H](NC(=O)OCC2c3ccccc3-c3ccccc32)C(C)C)cc1)C(C)C. The van der Waals surface area contributed by atoms with Crippen LogP contribution in [0.4, 0.5) is 20.1 Å². The molecule has 21 heteroatoms. The van der Waals surface area contributed by atoms with Gasteiger partial charge in [-0.15, -0.1) is 0 Å². The third kappa shape index (κ3) is 20.8. The van der Waals surface area contributed by atoms with Gasteiger partial charge in [0.1, 0.15) is 19.0 Å². The Hall–Kier alpha value is -8.01. The molecular weight excluding hydrogens is 1230 g/mol. The normalized spacial score (nSPS) is 17.1. The molecule has 6 N–H and O–H groups in total. The molecule has 0 spiro atoms. The van der Waals surface area contributed by atoms with Crippen molar-refractivity contribution in [3.63, 3.8) is 0 Å². The van der Waals surface area contributed by atoms with Crippen molar-refractivity contribution < 1.29 is 67.2 Å². The van der Waals surface area contributed by atoms with Crippen LogP contribution in [0.2, 0.25) is 0 Å². The first-order valence-electron chi connectivity index (χ1n) is 34.5. The number of fused-ring (bicyclic) bond motifs is 3. The van der Waals surface area contributed by atoms with Crippen molar-refractivity contribution in [1.29, 1.82) is 0 Å². The number of ether oxygens (including phenoxy) is 4. The number of nitrogens with one attached hydrogen (secondary N) is 3. The highest BCUT2D eigenvalue weighted by Gasteiger charge is 2.44. The van der Waals surface area contributed by atoms with Gasteiger partial charge in [-0.3, -0.25) is 28.8 Å². The summed E-state index contributed by atoms with van der Waals surface area (Å²) < 4.78 is 23.7. The van der Waals surface area contributed by atoms with Crippen LogP contribution < -0.4 is 21.7 Å². The minimum atomic E-state index is -0.974. The van der Waals surface area contributed by atoms with Gasteiger partial charge in [-0.2, -0.15) is 0 Å². The van der Waals surface area contributed by atoms with Crippen LogP contribution in [0.1, 0.15) is 161 Å². The molecule has 0 radical (unpaired) electrons. The zero-order valence-corrected chi connectivity index (χ0v) is 59.4. The molecule has 530 valence electrons. The number of hydrogen-bond donors (Lipinski definition) is 5. The summed E-state index contributed by atoms with van der Waals surface area (Å²) in [5.41, 5.74) is 11.2. The lowest BCUT2D eigenvalue weighted by atomic mass is 9.83. The molecule has 7 amide bonds. The molecule has 0 bridgehead atoms. The van der Waals surface area contributed by atoms with Crippen LogP contribution in [-0.4, -0.2) is 157 Å². The first kappa shape index (κ1) is 78.0. The molecule has 4 aromatic carbocycles. The molecule has 4 aromatic rings. The Labute approximate surface area is 574 Å². The molecular formula is C76H107N7O14. The summed E-state index contributed by atoms with van der Waals surface area (Å²) in [6.07, 6.45) is -1.47. The summed E-state index contributed by atoms with van der Waals surface area (Å²) in [6, 6.07) is 28.2. The molecule has 0 aromatic heterocycles. The second-order valence-corrected chi connectivity index (χ2v) is 27.6. The number of likely N-dealkylation sites (N-methyl/N-ethyl adjacent to an activating group) is 2. The number of aliphatic hydroxyl groups excluding tert-OH is 1. The van der Waals surface area contributed by atoms with Crippen molar-refractivity contribution in [3.8, 4) is 11.1 Å². The van der Waals surface area contributed by atoms with Crippen LogP contribution in [-0.2, 0) is 54.3 Å². The zero-order chi connectivity index (χ0) is 71.4. The lowest BCUT2D eigenvalue weighted by Gasteiger charge is -2.41. The molecule has 1 heterocycles. The van der Waals surface area contributed by atoms with Gasteiger partial charge >= 0.3 is 18.2 Å². The summed E-state index contributed by atoms with van der Waals surface area (Å²) in [4.78, 5) is 129. The van der Waals surface area contributed by atoms with Gasteiger partial charge in [-0.1, -0.05) is 167 Å². The average molecular weight is 1340 g/mol. The second kappa shape index (κ2) is 37.1. The fourth-order valence-corrected chi connectivity index (χ4v) is 14.1.